The number of nitrogens with zero attached hydrogens (tertiary/aromatic N) is 1. The summed E-state index contributed by atoms with van der Waals surface area (Å²) in [5.74, 6) is -0.361. The van der Waals surface area contributed by atoms with E-state index in [9.17, 15) is 9.59 Å². The third kappa shape index (κ3) is 3.88. The van der Waals surface area contributed by atoms with Crippen molar-refractivity contribution >= 4 is 29.9 Å². The normalized spacial score (nSPS) is 19.0. The molecule has 3 N–H and O–H groups in total. The first-order chi connectivity index (χ1) is 11.1. The Bertz CT molecular complexity index is 602. The first-order valence-electron chi connectivity index (χ1n) is 8.13. The van der Waals surface area contributed by atoms with Crippen molar-refractivity contribution in [3.8, 4) is 0 Å². The number of nitrogens with one attached hydrogen (secondary N) is 1. The van der Waals surface area contributed by atoms with Crippen LogP contribution in [0, 0.1) is 0 Å². The van der Waals surface area contributed by atoms with Gasteiger partial charge in [-0.1, -0.05) is 18.2 Å². The molecule has 24 heavy (non-hydrogen) atoms. The summed E-state index contributed by atoms with van der Waals surface area (Å²) in [5, 5.41) is 2.71. The molecular weight excluding hydrogens is 330 g/mol. The van der Waals surface area contributed by atoms with Crippen molar-refractivity contribution in [3.05, 3.63) is 29.8 Å². The van der Waals surface area contributed by atoms with Crippen LogP contribution in [0.5, 0.6) is 0 Å². The van der Waals surface area contributed by atoms with E-state index in [4.69, 9.17) is 10.5 Å². The number of hydrogen-bond donors (Lipinski definition) is 2. The molecule has 0 spiro atoms. The standard InChI is InChI=1S/C17H23N3O3.ClH/c18-17(7-10-23-11-8-17)16(22)19-12-15(21)20-9-3-5-13-4-1-2-6-14(13)20;/h1-2,4,6H,3,5,7-12,18H2,(H,19,22);1H. The van der Waals surface area contributed by atoms with Gasteiger partial charge < -0.3 is 20.7 Å². The SMILES string of the molecule is Cl.NC1(C(=O)NCC(=O)N2CCCc3ccccc32)CCOCC1. The van der Waals surface area contributed by atoms with Gasteiger partial charge in [-0.05, 0) is 37.3 Å². The first kappa shape index (κ1) is 18.7. The van der Waals surface area contributed by atoms with Crippen molar-refractivity contribution in [1.29, 1.82) is 0 Å². The van der Waals surface area contributed by atoms with Crippen LogP contribution >= 0.6 is 12.4 Å². The van der Waals surface area contributed by atoms with Gasteiger partial charge in [-0.3, -0.25) is 9.59 Å². The van der Waals surface area contributed by atoms with Gasteiger partial charge in [-0.15, -0.1) is 12.4 Å². The number of anilines is 1. The van der Waals surface area contributed by atoms with E-state index in [0.29, 0.717) is 32.6 Å². The summed E-state index contributed by atoms with van der Waals surface area (Å²) in [6.45, 7) is 1.63. The van der Waals surface area contributed by atoms with Crippen LogP contribution in [-0.2, 0) is 20.7 Å². The number of ether oxygens (including phenoxy) is 1. The second-order valence-electron chi connectivity index (χ2n) is 6.23. The number of amides is 2. The van der Waals surface area contributed by atoms with Crippen molar-refractivity contribution in [2.24, 2.45) is 5.73 Å². The van der Waals surface area contributed by atoms with E-state index >= 15 is 0 Å². The number of nitrogens with two attached hydrogens (primary N) is 1. The van der Waals surface area contributed by atoms with Gasteiger partial charge in [0.25, 0.3) is 0 Å². The Morgan fingerprint density at radius 2 is 1.96 bits per heavy atom. The number of benzene rings is 1. The number of rotatable bonds is 3. The second-order valence-corrected chi connectivity index (χ2v) is 6.23. The number of fused-ring (bicyclic) bond motifs is 1. The number of halogens is 1. The Morgan fingerprint density at radius 1 is 1.25 bits per heavy atom. The highest BCUT2D eigenvalue weighted by molar-refractivity contribution is 5.98. The summed E-state index contributed by atoms with van der Waals surface area (Å²) >= 11 is 0. The zero-order valence-corrected chi connectivity index (χ0v) is 14.4. The van der Waals surface area contributed by atoms with E-state index in [1.165, 1.54) is 5.56 Å². The minimum Gasteiger partial charge on any atom is -0.381 e. The highest BCUT2D eigenvalue weighted by atomic mass is 35.5. The summed E-state index contributed by atoms with van der Waals surface area (Å²) in [7, 11) is 0. The van der Waals surface area contributed by atoms with E-state index < -0.39 is 5.54 Å². The van der Waals surface area contributed by atoms with E-state index in [1.807, 2.05) is 24.3 Å². The lowest BCUT2D eigenvalue weighted by Crippen LogP contribution is -2.58. The number of aryl methyl sites for hydroxylation is 1. The monoisotopic (exact) mass is 353 g/mol. The van der Waals surface area contributed by atoms with E-state index in [2.05, 4.69) is 5.32 Å². The first-order valence-corrected chi connectivity index (χ1v) is 8.13. The number of carbonyl (C=O) groups excluding carboxylic acids is 2. The Morgan fingerprint density at radius 3 is 2.71 bits per heavy atom. The fourth-order valence-electron chi connectivity index (χ4n) is 3.18. The van der Waals surface area contributed by atoms with Crippen molar-refractivity contribution < 1.29 is 14.3 Å². The van der Waals surface area contributed by atoms with Gasteiger partial charge in [0.05, 0.1) is 12.1 Å². The maximum absolute atomic E-state index is 12.5. The smallest absolute Gasteiger partial charge is 0.246 e. The topological polar surface area (TPSA) is 84.7 Å². The Kier molecular flexibility index (Phi) is 6.21. The maximum atomic E-state index is 12.5. The molecule has 0 bridgehead atoms. The molecule has 132 valence electrons. The van der Waals surface area contributed by atoms with Gasteiger partial charge in [0.2, 0.25) is 11.8 Å². The summed E-state index contributed by atoms with van der Waals surface area (Å²) in [4.78, 5) is 26.5. The summed E-state index contributed by atoms with van der Waals surface area (Å²) in [6, 6.07) is 7.92. The number of carbonyl (C=O) groups is 2. The summed E-state index contributed by atoms with van der Waals surface area (Å²) < 4.78 is 5.24. The lowest BCUT2D eigenvalue weighted by Gasteiger charge is -2.33. The van der Waals surface area contributed by atoms with Crippen LogP contribution < -0.4 is 16.0 Å². The molecule has 0 radical (unpaired) electrons. The zero-order valence-electron chi connectivity index (χ0n) is 13.6. The second kappa shape index (κ2) is 7.96. The number of para-hydroxylation sites is 1. The lowest BCUT2D eigenvalue weighted by atomic mass is 9.90. The third-order valence-corrected chi connectivity index (χ3v) is 4.65. The molecule has 7 heteroatoms. The van der Waals surface area contributed by atoms with Gasteiger partial charge in [0.15, 0.2) is 0 Å². The molecule has 1 aromatic rings. The van der Waals surface area contributed by atoms with Crippen LogP contribution in [0.3, 0.4) is 0 Å². The molecule has 0 atom stereocenters. The van der Waals surface area contributed by atoms with Crippen LogP contribution in [0.25, 0.3) is 0 Å². The van der Waals surface area contributed by atoms with Crippen LogP contribution in [0.15, 0.2) is 24.3 Å². The van der Waals surface area contributed by atoms with Crippen molar-refractivity contribution in [2.75, 3.05) is 31.2 Å². The van der Waals surface area contributed by atoms with Gasteiger partial charge in [-0.2, -0.15) is 0 Å². The van der Waals surface area contributed by atoms with Crippen LogP contribution in [0.4, 0.5) is 5.69 Å². The Labute approximate surface area is 148 Å². The van der Waals surface area contributed by atoms with Gasteiger partial charge >= 0.3 is 0 Å². The largest absolute Gasteiger partial charge is 0.381 e. The van der Waals surface area contributed by atoms with E-state index in [-0.39, 0.29) is 30.8 Å². The van der Waals surface area contributed by atoms with Crippen molar-refractivity contribution in [3.63, 3.8) is 0 Å². The molecular formula is C17H24ClN3O3. The van der Waals surface area contributed by atoms with Crippen LogP contribution in [0.1, 0.15) is 24.8 Å². The lowest BCUT2D eigenvalue weighted by molar-refractivity contribution is -0.131. The molecule has 0 saturated carbocycles. The minimum atomic E-state index is -0.918. The van der Waals surface area contributed by atoms with E-state index in [1.54, 1.807) is 4.90 Å². The molecule has 0 aliphatic carbocycles. The van der Waals surface area contributed by atoms with Crippen molar-refractivity contribution in [2.45, 2.75) is 31.2 Å². The molecule has 3 rings (SSSR count). The molecule has 1 fully saturated rings. The van der Waals surface area contributed by atoms with E-state index in [0.717, 1.165) is 18.5 Å². The summed E-state index contributed by atoms with van der Waals surface area (Å²) in [5.41, 5.74) is 7.34. The van der Waals surface area contributed by atoms with Crippen LogP contribution in [0.2, 0.25) is 0 Å². The average molecular weight is 354 g/mol. The molecule has 1 saturated heterocycles. The molecule has 0 aromatic heterocycles. The molecule has 2 aliphatic heterocycles. The Balaban J connectivity index is 0.00000208. The summed E-state index contributed by atoms with van der Waals surface area (Å²) in [6.07, 6.45) is 2.90. The van der Waals surface area contributed by atoms with Gasteiger partial charge in [0.1, 0.15) is 0 Å². The molecule has 2 aliphatic rings. The Hall–Kier alpha value is -1.63. The predicted molar refractivity (Wildman–Crippen MR) is 94.3 cm³/mol. The predicted octanol–water partition coefficient (Wildman–Crippen LogP) is 1.01. The third-order valence-electron chi connectivity index (χ3n) is 4.65. The highest BCUT2D eigenvalue weighted by Crippen LogP contribution is 2.26. The molecule has 6 nitrogen and oxygen atoms in total. The van der Waals surface area contributed by atoms with Crippen molar-refractivity contribution in [1.82, 2.24) is 5.32 Å². The fourth-order valence-corrected chi connectivity index (χ4v) is 3.18. The molecule has 2 amide bonds. The molecule has 0 unspecified atom stereocenters. The zero-order chi connectivity index (χ0) is 16.3. The highest BCUT2D eigenvalue weighted by Gasteiger charge is 2.36. The molecule has 2 heterocycles. The molecule has 1 aromatic carbocycles. The number of hydrogen-bond acceptors (Lipinski definition) is 4. The maximum Gasteiger partial charge on any atom is 0.246 e. The quantitative estimate of drug-likeness (QED) is 0.849. The van der Waals surface area contributed by atoms with Crippen LogP contribution in [-0.4, -0.2) is 43.7 Å². The minimum absolute atomic E-state index is 0. The van der Waals surface area contributed by atoms with Gasteiger partial charge in [-0.25, -0.2) is 0 Å². The fraction of sp³-hybridized carbons (Fsp3) is 0.529. The average Bonchev–Trinajstić information content (AvgIpc) is 2.59. The van der Waals surface area contributed by atoms with Gasteiger partial charge in [0, 0.05) is 25.4 Å².